The molecule has 35 heavy (non-hydrogen) atoms. The summed E-state index contributed by atoms with van der Waals surface area (Å²) < 4.78 is 55.2. The molecule has 2 aliphatic heterocycles. The van der Waals surface area contributed by atoms with Crippen LogP contribution in [0.2, 0.25) is 0 Å². The quantitative estimate of drug-likeness (QED) is 0.608. The largest absolute Gasteiger partial charge is 0.573 e. The van der Waals surface area contributed by atoms with Gasteiger partial charge < -0.3 is 30.1 Å². The summed E-state index contributed by atoms with van der Waals surface area (Å²) in [5.41, 5.74) is -0.0500. The maximum Gasteiger partial charge on any atom is 0.573 e. The minimum Gasteiger partial charge on any atom is -0.406 e. The van der Waals surface area contributed by atoms with Crippen molar-refractivity contribution in [1.82, 2.24) is 25.3 Å². The molecule has 2 heterocycles. The van der Waals surface area contributed by atoms with E-state index in [0.717, 1.165) is 50.9 Å². The van der Waals surface area contributed by atoms with E-state index < -0.39 is 17.9 Å². The number of likely N-dealkylation sites (tertiary alicyclic amines) is 2. The lowest BCUT2D eigenvalue weighted by Gasteiger charge is -2.47. The van der Waals surface area contributed by atoms with Gasteiger partial charge >= 0.3 is 18.4 Å². The van der Waals surface area contributed by atoms with Crippen molar-refractivity contribution in [2.45, 2.75) is 50.7 Å². The molecule has 2 saturated heterocycles. The van der Waals surface area contributed by atoms with E-state index in [0.29, 0.717) is 19.2 Å². The van der Waals surface area contributed by atoms with Crippen molar-refractivity contribution in [3.05, 3.63) is 29.6 Å². The van der Waals surface area contributed by atoms with Crippen LogP contribution in [0.3, 0.4) is 0 Å². The average molecular weight is 502 g/mol. The van der Waals surface area contributed by atoms with Crippen molar-refractivity contribution in [2.75, 3.05) is 40.3 Å². The van der Waals surface area contributed by atoms with Crippen LogP contribution in [0.15, 0.2) is 18.2 Å². The fraction of sp³-hybridized carbons (Fsp3) is 0.652. The van der Waals surface area contributed by atoms with E-state index in [1.54, 1.807) is 16.8 Å². The van der Waals surface area contributed by atoms with Crippen LogP contribution in [0.25, 0.3) is 0 Å². The Morgan fingerprint density at radius 3 is 2.54 bits per heavy atom. The van der Waals surface area contributed by atoms with Crippen molar-refractivity contribution in [1.29, 1.82) is 0 Å². The van der Waals surface area contributed by atoms with Crippen LogP contribution in [-0.2, 0) is 6.54 Å². The number of nitrogens with zero attached hydrogens (tertiary/aromatic N) is 3. The zero-order chi connectivity index (χ0) is 25.4. The first-order valence-electron chi connectivity index (χ1n) is 11.7. The van der Waals surface area contributed by atoms with Crippen LogP contribution in [0.4, 0.5) is 27.2 Å². The first kappa shape index (κ1) is 25.3. The molecule has 2 atom stereocenters. The lowest BCUT2D eigenvalue weighted by Crippen LogP contribution is -2.61. The van der Waals surface area contributed by atoms with Crippen LogP contribution >= 0.6 is 0 Å². The molecular weight excluding hydrogens is 470 g/mol. The molecule has 0 radical (unpaired) electrons. The van der Waals surface area contributed by atoms with Crippen molar-refractivity contribution < 1.29 is 31.9 Å². The van der Waals surface area contributed by atoms with Gasteiger partial charge in [-0.1, -0.05) is 6.07 Å². The molecule has 2 N–H and O–H groups in total. The Morgan fingerprint density at radius 1 is 1.23 bits per heavy atom. The van der Waals surface area contributed by atoms with Crippen molar-refractivity contribution in [3.63, 3.8) is 0 Å². The maximum absolute atomic E-state index is 14.4. The van der Waals surface area contributed by atoms with Gasteiger partial charge in [0.25, 0.3) is 0 Å². The standard InChI is InChI=1S/C23H31F4N5O3/c1-28-20(33)31-12-17(10-22(14-31)7-8-30(2)13-22)32(16-4-5-16)21(34)29-11-15-3-6-18(9-19(15)24)35-23(25,26)27/h3,6,9,16-17H,4-5,7-8,10-14H2,1-2H3,(H,28,33)(H,29,34)/t17-,22?/m1/s1. The van der Waals surface area contributed by atoms with Crippen LogP contribution in [0, 0.1) is 11.2 Å². The Labute approximate surface area is 201 Å². The molecule has 12 heteroatoms. The highest BCUT2D eigenvalue weighted by molar-refractivity contribution is 5.76. The van der Waals surface area contributed by atoms with Gasteiger partial charge in [-0.15, -0.1) is 13.2 Å². The third-order valence-electron chi connectivity index (χ3n) is 7.01. The van der Waals surface area contributed by atoms with Gasteiger partial charge in [0.1, 0.15) is 11.6 Å². The Hall–Kier alpha value is -2.76. The van der Waals surface area contributed by atoms with E-state index >= 15 is 0 Å². The summed E-state index contributed by atoms with van der Waals surface area (Å²) in [4.78, 5) is 31.6. The number of alkyl halides is 3. The van der Waals surface area contributed by atoms with Gasteiger partial charge in [-0.3, -0.25) is 0 Å². The minimum atomic E-state index is -4.92. The number of carbonyl (C=O) groups is 2. The molecule has 194 valence electrons. The Morgan fingerprint density at radius 2 is 1.97 bits per heavy atom. The first-order valence-corrected chi connectivity index (χ1v) is 11.7. The number of urea groups is 2. The topological polar surface area (TPSA) is 77.2 Å². The van der Waals surface area contributed by atoms with E-state index in [-0.39, 0.29) is 41.7 Å². The number of nitrogens with one attached hydrogen (secondary N) is 2. The summed E-state index contributed by atoms with van der Waals surface area (Å²) >= 11 is 0. The van der Waals surface area contributed by atoms with E-state index in [9.17, 15) is 27.2 Å². The zero-order valence-corrected chi connectivity index (χ0v) is 19.8. The predicted molar refractivity (Wildman–Crippen MR) is 119 cm³/mol. The highest BCUT2D eigenvalue weighted by Gasteiger charge is 2.49. The smallest absolute Gasteiger partial charge is 0.406 e. The number of halogens is 4. The number of carbonyl (C=O) groups excluding carboxylic acids is 2. The number of piperidine rings is 1. The van der Waals surface area contributed by atoms with Gasteiger partial charge in [-0.05, 0) is 45.3 Å². The molecule has 1 aliphatic carbocycles. The summed E-state index contributed by atoms with van der Waals surface area (Å²) in [6.45, 7) is 2.63. The Balaban J connectivity index is 1.46. The molecule has 1 saturated carbocycles. The Bertz CT molecular complexity index is 958. The fourth-order valence-electron chi connectivity index (χ4n) is 5.42. The molecule has 1 spiro atoms. The highest BCUT2D eigenvalue weighted by atomic mass is 19.4. The number of ether oxygens (including phenoxy) is 1. The average Bonchev–Trinajstić information content (AvgIpc) is 3.54. The normalized spacial score (nSPS) is 25.0. The second-order valence-corrected chi connectivity index (χ2v) is 9.88. The molecule has 1 aromatic carbocycles. The molecule has 1 unspecified atom stereocenters. The number of amides is 4. The van der Waals surface area contributed by atoms with Gasteiger partial charge in [-0.25, -0.2) is 14.0 Å². The molecule has 8 nitrogen and oxygen atoms in total. The summed E-state index contributed by atoms with van der Waals surface area (Å²) in [5.74, 6) is -1.56. The second-order valence-electron chi connectivity index (χ2n) is 9.88. The lowest BCUT2D eigenvalue weighted by molar-refractivity contribution is -0.274. The SMILES string of the molecule is CNC(=O)N1C[C@H](N(C(=O)NCc2ccc(OC(F)(F)F)cc2F)C2CC2)CC2(CCN(C)C2)C1. The molecule has 0 bridgehead atoms. The molecule has 3 fully saturated rings. The van der Waals surface area contributed by atoms with Gasteiger partial charge in [0.05, 0.1) is 6.04 Å². The third kappa shape index (κ3) is 6.09. The number of benzene rings is 1. The van der Waals surface area contributed by atoms with Gasteiger partial charge in [0.15, 0.2) is 0 Å². The highest BCUT2D eigenvalue weighted by Crippen LogP contribution is 2.42. The van der Waals surface area contributed by atoms with Crippen LogP contribution in [-0.4, -0.2) is 85.5 Å². The molecule has 4 rings (SSSR count). The summed E-state index contributed by atoms with van der Waals surface area (Å²) in [6.07, 6.45) is -1.50. The molecule has 4 amide bonds. The van der Waals surface area contributed by atoms with Crippen molar-refractivity contribution >= 4 is 12.1 Å². The van der Waals surface area contributed by atoms with E-state index in [4.69, 9.17) is 0 Å². The predicted octanol–water partition coefficient (Wildman–Crippen LogP) is 3.13. The van der Waals surface area contributed by atoms with Gasteiger partial charge in [-0.2, -0.15) is 0 Å². The second kappa shape index (κ2) is 9.71. The van der Waals surface area contributed by atoms with E-state index in [1.165, 1.54) is 0 Å². The first-order chi connectivity index (χ1) is 16.5. The van der Waals surface area contributed by atoms with Crippen molar-refractivity contribution in [3.8, 4) is 5.75 Å². The molecular formula is C23H31F4N5O3. The maximum atomic E-state index is 14.4. The van der Waals surface area contributed by atoms with Crippen LogP contribution in [0.5, 0.6) is 5.75 Å². The summed E-state index contributed by atoms with van der Waals surface area (Å²) in [6, 6.07) is 2.14. The third-order valence-corrected chi connectivity index (χ3v) is 7.01. The van der Waals surface area contributed by atoms with E-state index in [2.05, 4.69) is 20.3 Å². The van der Waals surface area contributed by atoms with Crippen LogP contribution in [0.1, 0.15) is 31.2 Å². The monoisotopic (exact) mass is 501 g/mol. The summed E-state index contributed by atoms with van der Waals surface area (Å²) in [7, 11) is 3.64. The number of rotatable bonds is 5. The molecule has 3 aliphatic rings. The van der Waals surface area contributed by atoms with Gasteiger partial charge in [0.2, 0.25) is 0 Å². The molecule has 0 aromatic heterocycles. The summed E-state index contributed by atoms with van der Waals surface area (Å²) in [5, 5.41) is 5.42. The fourth-order valence-corrected chi connectivity index (χ4v) is 5.42. The van der Waals surface area contributed by atoms with Crippen molar-refractivity contribution in [2.24, 2.45) is 5.41 Å². The lowest BCUT2D eigenvalue weighted by atomic mass is 9.76. The Kier molecular flexibility index (Phi) is 7.03. The minimum absolute atomic E-state index is 0.0492. The number of hydrogen-bond donors (Lipinski definition) is 2. The number of hydrogen-bond acceptors (Lipinski definition) is 4. The van der Waals surface area contributed by atoms with E-state index in [1.807, 2.05) is 7.05 Å². The molecule has 1 aromatic rings. The van der Waals surface area contributed by atoms with Gasteiger partial charge in [0, 0.05) is 56.3 Å². The van der Waals surface area contributed by atoms with Crippen LogP contribution < -0.4 is 15.4 Å². The zero-order valence-electron chi connectivity index (χ0n) is 19.8.